The molecule has 0 saturated heterocycles. The number of nitrogens with one attached hydrogen (secondary N) is 3. The summed E-state index contributed by atoms with van der Waals surface area (Å²) in [5.41, 5.74) is 3.65. The second-order valence-corrected chi connectivity index (χ2v) is 6.96. The van der Waals surface area contributed by atoms with Crippen LogP contribution in [-0.4, -0.2) is 24.7 Å². The molecular weight excluding hydrogens is 381 g/mol. The first kappa shape index (κ1) is 19.5. The highest BCUT2D eigenvalue weighted by Crippen LogP contribution is 2.30. The molecule has 152 valence electrons. The number of fused-ring (bicyclic) bond motifs is 1. The van der Waals surface area contributed by atoms with Crippen LogP contribution < -0.4 is 15.4 Å². The van der Waals surface area contributed by atoms with Crippen LogP contribution >= 0.6 is 0 Å². The van der Waals surface area contributed by atoms with Crippen molar-refractivity contribution in [1.82, 2.24) is 10.3 Å². The molecule has 0 saturated carbocycles. The van der Waals surface area contributed by atoms with Crippen LogP contribution in [0.1, 0.15) is 17.0 Å². The van der Waals surface area contributed by atoms with Gasteiger partial charge in [-0.15, -0.1) is 0 Å². The third kappa shape index (κ3) is 4.27. The van der Waals surface area contributed by atoms with Gasteiger partial charge < -0.3 is 20.4 Å². The van der Waals surface area contributed by atoms with Gasteiger partial charge in [0.05, 0.1) is 7.11 Å². The van der Waals surface area contributed by atoms with Crippen molar-refractivity contribution in [1.29, 1.82) is 0 Å². The lowest BCUT2D eigenvalue weighted by Crippen LogP contribution is -2.32. The lowest BCUT2D eigenvalue weighted by Gasteiger charge is -2.18. The Bertz CT molecular complexity index is 1140. The molecule has 2 amide bonds. The maximum Gasteiger partial charge on any atom is 0.319 e. The van der Waals surface area contributed by atoms with Crippen LogP contribution in [0.3, 0.4) is 0 Å². The van der Waals surface area contributed by atoms with E-state index in [9.17, 15) is 9.18 Å². The highest BCUT2D eigenvalue weighted by molar-refractivity contribution is 5.89. The lowest BCUT2D eigenvalue weighted by molar-refractivity contribution is 0.252. The van der Waals surface area contributed by atoms with Crippen molar-refractivity contribution in [3.8, 4) is 5.75 Å². The van der Waals surface area contributed by atoms with Gasteiger partial charge in [-0.1, -0.05) is 30.3 Å². The number of benzene rings is 3. The number of ether oxygens (including phenoxy) is 1. The molecule has 3 aromatic carbocycles. The molecular formula is C24H22FN3O2. The Morgan fingerprint density at radius 1 is 1.03 bits per heavy atom. The number of hydrogen-bond acceptors (Lipinski definition) is 2. The van der Waals surface area contributed by atoms with Crippen LogP contribution in [0.2, 0.25) is 0 Å². The van der Waals surface area contributed by atoms with Crippen molar-refractivity contribution in [3.63, 3.8) is 0 Å². The van der Waals surface area contributed by atoms with Gasteiger partial charge in [-0.2, -0.15) is 0 Å². The Labute approximate surface area is 173 Å². The highest BCUT2D eigenvalue weighted by Gasteiger charge is 2.19. The summed E-state index contributed by atoms with van der Waals surface area (Å²) in [7, 11) is 1.59. The van der Waals surface area contributed by atoms with Crippen molar-refractivity contribution < 1.29 is 13.9 Å². The average molecular weight is 403 g/mol. The molecule has 0 bridgehead atoms. The zero-order valence-electron chi connectivity index (χ0n) is 16.5. The minimum Gasteiger partial charge on any atom is -0.497 e. The molecule has 6 heteroatoms. The molecule has 3 N–H and O–H groups in total. The van der Waals surface area contributed by atoms with Gasteiger partial charge in [-0.25, -0.2) is 9.18 Å². The molecule has 30 heavy (non-hydrogen) atoms. The van der Waals surface area contributed by atoms with Gasteiger partial charge >= 0.3 is 6.03 Å². The fraction of sp³-hybridized carbons (Fsp3) is 0.125. The molecule has 0 aliphatic carbocycles. The van der Waals surface area contributed by atoms with Gasteiger partial charge in [-0.05, 0) is 53.6 Å². The highest BCUT2D eigenvalue weighted by atomic mass is 19.1. The van der Waals surface area contributed by atoms with Gasteiger partial charge in [-0.3, -0.25) is 0 Å². The number of halogens is 1. The molecule has 0 aliphatic rings. The van der Waals surface area contributed by atoms with E-state index >= 15 is 0 Å². The number of urea groups is 1. The number of hydrogen-bond donors (Lipinski definition) is 3. The topological polar surface area (TPSA) is 66.2 Å². The monoisotopic (exact) mass is 403 g/mol. The van der Waals surface area contributed by atoms with Crippen molar-refractivity contribution in [2.45, 2.75) is 5.92 Å². The Morgan fingerprint density at radius 2 is 1.77 bits per heavy atom. The normalized spacial score (nSPS) is 11.8. The number of aromatic amines is 1. The Hall–Kier alpha value is -3.80. The fourth-order valence-corrected chi connectivity index (χ4v) is 3.53. The molecule has 0 radical (unpaired) electrons. The summed E-state index contributed by atoms with van der Waals surface area (Å²) < 4.78 is 18.6. The van der Waals surface area contributed by atoms with Crippen LogP contribution in [0.15, 0.2) is 79.0 Å². The van der Waals surface area contributed by atoms with Gasteiger partial charge in [0.25, 0.3) is 0 Å². The third-order valence-electron chi connectivity index (χ3n) is 5.08. The summed E-state index contributed by atoms with van der Waals surface area (Å²) in [6, 6.07) is 21.2. The molecule has 0 aliphatic heterocycles. The van der Waals surface area contributed by atoms with Crippen LogP contribution in [0.5, 0.6) is 5.75 Å². The number of carbonyl (C=O) groups excluding carboxylic acids is 1. The molecule has 4 aromatic rings. The van der Waals surface area contributed by atoms with Gasteiger partial charge in [0.1, 0.15) is 11.6 Å². The molecule has 5 nitrogen and oxygen atoms in total. The minimum absolute atomic E-state index is 0.136. The van der Waals surface area contributed by atoms with Gasteiger partial charge in [0.2, 0.25) is 0 Å². The number of methoxy groups -OCH3 is 1. The Kier molecular flexibility index (Phi) is 5.66. The lowest BCUT2D eigenvalue weighted by atomic mass is 9.91. The van der Waals surface area contributed by atoms with Crippen LogP contribution in [0, 0.1) is 5.82 Å². The predicted octanol–water partition coefficient (Wildman–Crippen LogP) is 5.27. The van der Waals surface area contributed by atoms with Crippen molar-refractivity contribution in [2.75, 3.05) is 19.0 Å². The molecule has 0 unspecified atom stereocenters. The van der Waals surface area contributed by atoms with E-state index in [-0.39, 0.29) is 17.8 Å². The first-order chi connectivity index (χ1) is 14.6. The Morgan fingerprint density at radius 3 is 2.50 bits per heavy atom. The predicted molar refractivity (Wildman–Crippen MR) is 117 cm³/mol. The number of rotatable bonds is 6. The summed E-state index contributed by atoms with van der Waals surface area (Å²) >= 11 is 0. The second-order valence-electron chi connectivity index (χ2n) is 6.96. The fourth-order valence-electron chi connectivity index (χ4n) is 3.53. The van der Waals surface area contributed by atoms with Crippen LogP contribution in [0.25, 0.3) is 10.9 Å². The van der Waals surface area contributed by atoms with Crippen molar-refractivity contribution in [2.24, 2.45) is 0 Å². The van der Waals surface area contributed by atoms with E-state index in [1.54, 1.807) is 43.5 Å². The smallest absolute Gasteiger partial charge is 0.319 e. The van der Waals surface area contributed by atoms with E-state index in [1.807, 2.05) is 30.5 Å². The quantitative estimate of drug-likeness (QED) is 0.411. The number of H-pyrrole nitrogens is 1. The van der Waals surface area contributed by atoms with E-state index in [0.29, 0.717) is 12.2 Å². The summed E-state index contributed by atoms with van der Waals surface area (Å²) in [5.74, 6) is 0.293. The summed E-state index contributed by atoms with van der Waals surface area (Å²) in [5, 5.41) is 6.83. The second kappa shape index (κ2) is 8.69. The SMILES string of the molecule is COc1ccc(NC(=O)NC[C@@H](c2ccc(F)cc2)c2c[nH]c3ccccc23)cc1. The van der Waals surface area contributed by atoms with Crippen molar-refractivity contribution in [3.05, 3.63) is 95.9 Å². The third-order valence-corrected chi connectivity index (χ3v) is 5.08. The van der Waals surface area contributed by atoms with E-state index in [4.69, 9.17) is 4.74 Å². The van der Waals surface area contributed by atoms with E-state index in [2.05, 4.69) is 15.6 Å². The first-order valence-electron chi connectivity index (χ1n) is 9.64. The summed E-state index contributed by atoms with van der Waals surface area (Å²) in [6.45, 7) is 0.357. The zero-order valence-corrected chi connectivity index (χ0v) is 16.5. The summed E-state index contributed by atoms with van der Waals surface area (Å²) in [6.07, 6.45) is 1.95. The largest absolute Gasteiger partial charge is 0.497 e. The van der Waals surface area contributed by atoms with Gasteiger partial charge in [0, 0.05) is 35.2 Å². The van der Waals surface area contributed by atoms with Crippen LogP contribution in [0.4, 0.5) is 14.9 Å². The maximum absolute atomic E-state index is 13.5. The first-order valence-corrected chi connectivity index (χ1v) is 9.64. The number of para-hydroxylation sites is 1. The molecule has 1 heterocycles. The Balaban J connectivity index is 1.54. The van der Waals surface area contributed by atoms with Crippen molar-refractivity contribution >= 4 is 22.6 Å². The zero-order chi connectivity index (χ0) is 20.9. The average Bonchev–Trinajstić information content (AvgIpc) is 3.20. The minimum atomic E-state index is -0.313. The number of carbonyl (C=O) groups is 1. The number of amides is 2. The van der Waals surface area contributed by atoms with E-state index in [0.717, 1.165) is 27.8 Å². The molecule has 1 aromatic heterocycles. The van der Waals surface area contributed by atoms with E-state index in [1.165, 1.54) is 12.1 Å². The summed E-state index contributed by atoms with van der Waals surface area (Å²) in [4.78, 5) is 15.7. The molecule has 4 rings (SSSR count). The van der Waals surface area contributed by atoms with Gasteiger partial charge in [0.15, 0.2) is 0 Å². The molecule has 0 fully saturated rings. The van der Waals surface area contributed by atoms with Crippen LogP contribution in [-0.2, 0) is 0 Å². The molecule has 1 atom stereocenters. The number of aromatic nitrogens is 1. The maximum atomic E-state index is 13.5. The van der Waals surface area contributed by atoms with E-state index < -0.39 is 0 Å². The number of anilines is 1. The molecule has 0 spiro atoms. The standard InChI is InChI=1S/C24H22FN3O2/c1-30-19-12-10-18(11-13-19)28-24(29)27-14-21(16-6-8-17(25)9-7-16)22-15-26-23-5-3-2-4-20(22)23/h2-13,15,21,26H,14H2,1H3,(H2,27,28,29)/t21-/m0/s1.